The number of hydrogen-bond donors (Lipinski definition) is 0. The van der Waals surface area contributed by atoms with E-state index in [2.05, 4.69) is 0 Å². The van der Waals surface area contributed by atoms with Crippen molar-refractivity contribution in [1.82, 2.24) is 0 Å². The molecule has 3 rings (SSSR count). The lowest BCUT2D eigenvalue weighted by molar-refractivity contribution is -0.119. The van der Waals surface area contributed by atoms with Gasteiger partial charge in [0, 0.05) is 35.8 Å². The fourth-order valence-electron chi connectivity index (χ4n) is 2.72. The predicted octanol–water partition coefficient (Wildman–Crippen LogP) is 4.15. The Labute approximate surface area is 141 Å². The van der Waals surface area contributed by atoms with Gasteiger partial charge in [-0.2, -0.15) is 0 Å². The molecule has 0 radical (unpaired) electrons. The summed E-state index contributed by atoms with van der Waals surface area (Å²) in [4.78, 5) is 0.968. The summed E-state index contributed by atoms with van der Waals surface area (Å²) in [7, 11) is 1.65. The standard InChI is InChI=1S/C17H24O5S/c1-18-23-13-8-9-14(21-16-6-2-4-10-19-16)15(12-13)22-17-7-3-5-11-20-17/h8-9,12,16-17H,2-7,10-11H2,1H3. The highest BCUT2D eigenvalue weighted by molar-refractivity contribution is 7.94. The van der Waals surface area contributed by atoms with Crippen molar-refractivity contribution in [1.29, 1.82) is 0 Å². The number of rotatable bonds is 6. The third kappa shape index (κ3) is 5.01. The predicted molar refractivity (Wildman–Crippen MR) is 87.7 cm³/mol. The summed E-state index contributed by atoms with van der Waals surface area (Å²) in [6.45, 7) is 1.50. The van der Waals surface area contributed by atoms with E-state index in [-0.39, 0.29) is 12.6 Å². The minimum absolute atomic E-state index is 0.195. The minimum atomic E-state index is -0.207. The highest BCUT2D eigenvalue weighted by Gasteiger charge is 2.21. The molecule has 2 unspecified atom stereocenters. The molecule has 2 aliphatic heterocycles. The van der Waals surface area contributed by atoms with E-state index in [1.54, 1.807) is 7.11 Å². The van der Waals surface area contributed by atoms with Crippen molar-refractivity contribution in [3.63, 3.8) is 0 Å². The van der Waals surface area contributed by atoms with Gasteiger partial charge in [0.1, 0.15) is 0 Å². The summed E-state index contributed by atoms with van der Waals surface area (Å²) < 4.78 is 28.5. The van der Waals surface area contributed by atoms with Crippen LogP contribution in [-0.4, -0.2) is 32.9 Å². The van der Waals surface area contributed by atoms with E-state index in [0.29, 0.717) is 11.5 Å². The topological polar surface area (TPSA) is 46.2 Å². The maximum Gasteiger partial charge on any atom is 0.200 e. The lowest BCUT2D eigenvalue weighted by atomic mass is 10.2. The Bertz CT molecular complexity index is 484. The van der Waals surface area contributed by atoms with Gasteiger partial charge in [-0.15, -0.1) is 0 Å². The third-order valence-corrected chi connectivity index (χ3v) is 4.50. The van der Waals surface area contributed by atoms with Crippen LogP contribution in [0.3, 0.4) is 0 Å². The fourth-order valence-corrected chi connectivity index (χ4v) is 3.19. The second-order valence-electron chi connectivity index (χ2n) is 5.69. The molecule has 2 fully saturated rings. The van der Waals surface area contributed by atoms with Gasteiger partial charge in [-0.25, -0.2) is 0 Å². The lowest BCUT2D eigenvalue weighted by Crippen LogP contribution is -2.27. The molecular formula is C17H24O5S. The average Bonchev–Trinajstić information content (AvgIpc) is 2.59. The zero-order chi connectivity index (χ0) is 15.9. The van der Waals surface area contributed by atoms with Crippen LogP contribution in [0.5, 0.6) is 11.5 Å². The lowest BCUT2D eigenvalue weighted by Gasteiger charge is -2.27. The summed E-state index contributed by atoms with van der Waals surface area (Å²) in [5.41, 5.74) is 0. The van der Waals surface area contributed by atoms with Crippen LogP contribution in [0.15, 0.2) is 23.1 Å². The van der Waals surface area contributed by atoms with Gasteiger partial charge in [0.15, 0.2) is 24.1 Å². The van der Waals surface area contributed by atoms with E-state index >= 15 is 0 Å². The van der Waals surface area contributed by atoms with Gasteiger partial charge in [0.25, 0.3) is 0 Å². The van der Waals surface area contributed by atoms with E-state index in [1.165, 1.54) is 12.0 Å². The average molecular weight is 340 g/mol. The fraction of sp³-hybridized carbons (Fsp3) is 0.647. The third-order valence-electron chi connectivity index (χ3n) is 3.89. The van der Waals surface area contributed by atoms with Crippen LogP contribution in [0, 0.1) is 0 Å². The molecule has 6 heteroatoms. The van der Waals surface area contributed by atoms with Crippen molar-refractivity contribution in [2.24, 2.45) is 0 Å². The first-order valence-electron chi connectivity index (χ1n) is 8.26. The molecule has 0 saturated carbocycles. The molecule has 1 aromatic carbocycles. The molecular weight excluding hydrogens is 316 g/mol. The van der Waals surface area contributed by atoms with Crippen molar-refractivity contribution in [2.45, 2.75) is 56.0 Å². The van der Waals surface area contributed by atoms with Crippen LogP contribution >= 0.6 is 12.0 Å². The van der Waals surface area contributed by atoms with Crippen molar-refractivity contribution in [3.05, 3.63) is 18.2 Å². The molecule has 2 atom stereocenters. The maximum absolute atomic E-state index is 6.04. The molecule has 2 saturated heterocycles. The second kappa shape index (κ2) is 8.78. The normalized spacial score (nSPS) is 25.1. The zero-order valence-electron chi connectivity index (χ0n) is 13.5. The van der Waals surface area contributed by atoms with Crippen molar-refractivity contribution in [2.75, 3.05) is 20.3 Å². The number of ether oxygens (including phenoxy) is 4. The van der Waals surface area contributed by atoms with Crippen LogP contribution in [-0.2, 0) is 13.7 Å². The largest absolute Gasteiger partial charge is 0.461 e. The molecule has 0 aliphatic carbocycles. The Balaban J connectivity index is 1.72. The Morgan fingerprint density at radius 1 is 0.913 bits per heavy atom. The Morgan fingerprint density at radius 2 is 1.57 bits per heavy atom. The van der Waals surface area contributed by atoms with Gasteiger partial charge >= 0.3 is 0 Å². The van der Waals surface area contributed by atoms with E-state index in [0.717, 1.165) is 56.6 Å². The monoisotopic (exact) mass is 340 g/mol. The van der Waals surface area contributed by atoms with Gasteiger partial charge in [0.2, 0.25) is 0 Å². The van der Waals surface area contributed by atoms with Crippen molar-refractivity contribution in [3.8, 4) is 11.5 Å². The quantitative estimate of drug-likeness (QED) is 0.725. The molecule has 128 valence electrons. The summed E-state index contributed by atoms with van der Waals surface area (Å²) in [5, 5.41) is 0. The first kappa shape index (κ1) is 16.9. The second-order valence-corrected chi connectivity index (χ2v) is 6.66. The Hall–Kier alpha value is -0.950. The van der Waals surface area contributed by atoms with Gasteiger partial charge < -0.3 is 23.1 Å². The summed E-state index contributed by atoms with van der Waals surface area (Å²) in [6, 6.07) is 5.81. The minimum Gasteiger partial charge on any atom is -0.461 e. The Morgan fingerprint density at radius 3 is 2.13 bits per heavy atom. The van der Waals surface area contributed by atoms with Gasteiger partial charge in [-0.1, -0.05) is 0 Å². The number of benzene rings is 1. The molecule has 0 amide bonds. The van der Waals surface area contributed by atoms with Crippen LogP contribution in [0.1, 0.15) is 38.5 Å². The number of hydrogen-bond acceptors (Lipinski definition) is 6. The first-order valence-corrected chi connectivity index (χ1v) is 9.00. The van der Waals surface area contributed by atoms with E-state index in [1.807, 2.05) is 18.2 Å². The molecule has 1 aromatic rings. The van der Waals surface area contributed by atoms with Crippen LogP contribution in [0.25, 0.3) is 0 Å². The highest BCUT2D eigenvalue weighted by Crippen LogP contribution is 2.35. The zero-order valence-corrected chi connectivity index (χ0v) is 14.3. The highest BCUT2D eigenvalue weighted by atomic mass is 32.2. The molecule has 2 heterocycles. The molecule has 5 nitrogen and oxygen atoms in total. The molecule has 0 aromatic heterocycles. The summed E-state index contributed by atoms with van der Waals surface area (Å²) in [6.07, 6.45) is 5.86. The van der Waals surface area contributed by atoms with Gasteiger partial charge in [-0.3, -0.25) is 0 Å². The van der Waals surface area contributed by atoms with Gasteiger partial charge in [0.05, 0.1) is 20.3 Å². The van der Waals surface area contributed by atoms with E-state index < -0.39 is 0 Å². The molecule has 0 N–H and O–H groups in total. The first-order chi connectivity index (χ1) is 11.3. The molecule has 0 spiro atoms. The van der Waals surface area contributed by atoms with E-state index in [4.69, 9.17) is 23.1 Å². The smallest absolute Gasteiger partial charge is 0.200 e. The van der Waals surface area contributed by atoms with Gasteiger partial charge in [-0.05, 0) is 37.8 Å². The Kier molecular flexibility index (Phi) is 6.45. The van der Waals surface area contributed by atoms with Crippen molar-refractivity contribution >= 4 is 12.0 Å². The SMILES string of the molecule is COSc1ccc(OC2CCCCO2)c(OC2CCCCO2)c1. The maximum atomic E-state index is 6.04. The van der Waals surface area contributed by atoms with Crippen LogP contribution < -0.4 is 9.47 Å². The van der Waals surface area contributed by atoms with Crippen LogP contribution in [0.2, 0.25) is 0 Å². The molecule has 0 bridgehead atoms. The summed E-state index contributed by atoms with van der Waals surface area (Å²) in [5.74, 6) is 1.39. The summed E-state index contributed by atoms with van der Waals surface area (Å²) >= 11 is 1.30. The van der Waals surface area contributed by atoms with Crippen molar-refractivity contribution < 1.29 is 23.1 Å². The molecule has 2 aliphatic rings. The van der Waals surface area contributed by atoms with E-state index in [9.17, 15) is 0 Å². The molecule has 23 heavy (non-hydrogen) atoms. The van der Waals surface area contributed by atoms with Crippen LogP contribution in [0.4, 0.5) is 0 Å².